The fraction of sp³-hybridized carbons (Fsp3) is 0.652. The van der Waals surface area contributed by atoms with Crippen LogP contribution in [0.3, 0.4) is 0 Å². The van der Waals surface area contributed by atoms with E-state index in [1.165, 1.54) is 0 Å². The Labute approximate surface area is 194 Å². The largest absolute Gasteiger partial charge is 0.462 e. The first kappa shape index (κ1) is 28.3. The number of carbonyl (C=O) groups excluding carboxylic acids is 4. The Hall–Kier alpha value is -2.72. The number of unbranched alkanes of at least 4 members (excludes halogenated alkanes) is 2. The Kier molecular flexibility index (Phi) is 13.0. The molecule has 1 aliphatic heterocycles. The first-order valence-electron chi connectivity index (χ1n) is 11.0. The van der Waals surface area contributed by atoms with Gasteiger partial charge < -0.3 is 29.4 Å². The third kappa shape index (κ3) is 12.2. The van der Waals surface area contributed by atoms with Crippen molar-refractivity contribution >= 4 is 23.9 Å². The molecule has 1 saturated heterocycles. The monoisotopic (exact) mass is 469 g/mol. The van der Waals surface area contributed by atoms with E-state index in [9.17, 15) is 19.2 Å². The van der Waals surface area contributed by atoms with Gasteiger partial charge in [-0.1, -0.05) is 13.2 Å². The van der Waals surface area contributed by atoms with Gasteiger partial charge in [-0.3, -0.25) is 9.59 Å². The number of ether oxygens (including phenoxy) is 5. The Balaban J connectivity index is 2.33. The minimum atomic E-state index is -0.751. The average molecular weight is 470 g/mol. The van der Waals surface area contributed by atoms with E-state index in [2.05, 4.69) is 13.2 Å². The normalized spacial score (nSPS) is 19.8. The molecule has 1 fully saturated rings. The zero-order valence-electron chi connectivity index (χ0n) is 19.5. The van der Waals surface area contributed by atoms with Crippen LogP contribution in [0.1, 0.15) is 58.8 Å². The van der Waals surface area contributed by atoms with Crippen LogP contribution >= 0.6 is 0 Å². The molecule has 3 unspecified atom stereocenters. The van der Waals surface area contributed by atoms with Gasteiger partial charge in [-0.05, 0) is 39.5 Å². The molecule has 0 aromatic heterocycles. The molecule has 10 heteroatoms. The SMILES string of the molecule is C=C(C)C(=O)OCCCCC(=O)OC1COC(N)CC1OC(=O)CCCCOC(=O)C(=C)C. The first-order chi connectivity index (χ1) is 15.6. The van der Waals surface area contributed by atoms with Gasteiger partial charge in [0.25, 0.3) is 0 Å². The highest BCUT2D eigenvalue weighted by atomic mass is 16.6. The molecule has 0 radical (unpaired) electrons. The van der Waals surface area contributed by atoms with Crippen molar-refractivity contribution in [2.75, 3.05) is 19.8 Å². The van der Waals surface area contributed by atoms with Gasteiger partial charge in [0.1, 0.15) is 12.3 Å². The number of esters is 4. The summed E-state index contributed by atoms with van der Waals surface area (Å²) >= 11 is 0. The van der Waals surface area contributed by atoms with Crippen LogP contribution in [-0.4, -0.2) is 62.1 Å². The van der Waals surface area contributed by atoms with Crippen molar-refractivity contribution in [3.05, 3.63) is 24.3 Å². The van der Waals surface area contributed by atoms with E-state index < -0.39 is 42.3 Å². The molecule has 33 heavy (non-hydrogen) atoms. The standard InChI is InChI=1S/C23H35NO9/c1-15(2)22(27)29-11-7-5-9-20(25)32-17-13-19(24)31-14-18(17)33-21(26)10-6-8-12-30-23(28)16(3)4/h17-19H,1,3,5-14,24H2,2,4H3. The second-order valence-corrected chi connectivity index (χ2v) is 7.91. The lowest BCUT2D eigenvalue weighted by molar-refractivity contribution is -0.189. The molecule has 0 aromatic rings. The molecule has 0 saturated carbocycles. The van der Waals surface area contributed by atoms with Crippen LogP contribution < -0.4 is 5.73 Å². The van der Waals surface area contributed by atoms with E-state index in [1.807, 2.05) is 0 Å². The fourth-order valence-corrected chi connectivity index (χ4v) is 2.78. The topological polar surface area (TPSA) is 140 Å². The molecule has 1 rings (SSSR count). The number of rotatable bonds is 14. The van der Waals surface area contributed by atoms with E-state index in [0.29, 0.717) is 36.8 Å². The molecule has 186 valence electrons. The molecule has 1 heterocycles. The summed E-state index contributed by atoms with van der Waals surface area (Å²) in [7, 11) is 0. The second kappa shape index (κ2) is 15.2. The predicted molar refractivity (Wildman–Crippen MR) is 118 cm³/mol. The molecule has 10 nitrogen and oxygen atoms in total. The molecular formula is C23H35NO9. The zero-order valence-corrected chi connectivity index (χ0v) is 19.5. The number of nitrogens with two attached hydrogens (primary N) is 1. The van der Waals surface area contributed by atoms with Crippen molar-refractivity contribution in [3.63, 3.8) is 0 Å². The van der Waals surface area contributed by atoms with Crippen molar-refractivity contribution in [3.8, 4) is 0 Å². The number of carbonyl (C=O) groups is 4. The maximum Gasteiger partial charge on any atom is 0.333 e. The summed E-state index contributed by atoms with van der Waals surface area (Å²) in [5, 5.41) is 0. The van der Waals surface area contributed by atoms with Crippen LogP contribution in [0.15, 0.2) is 24.3 Å². The van der Waals surface area contributed by atoms with Crippen molar-refractivity contribution in [1.82, 2.24) is 0 Å². The fourth-order valence-electron chi connectivity index (χ4n) is 2.78. The molecule has 0 spiro atoms. The third-order valence-corrected chi connectivity index (χ3v) is 4.63. The van der Waals surface area contributed by atoms with Crippen LogP contribution in [0.5, 0.6) is 0 Å². The van der Waals surface area contributed by atoms with Gasteiger partial charge in [-0.2, -0.15) is 0 Å². The van der Waals surface area contributed by atoms with Crippen LogP contribution in [0.2, 0.25) is 0 Å². The van der Waals surface area contributed by atoms with Crippen LogP contribution in [0.4, 0.5) is 0 Å². The van der Waals surface area contributed by atoms with Crippen molar-refractivity contribution in [2.24, 2.45) is 5.73 Å². The lowest BCUT2D eigenvalue weighted by Gasteiger charge is -2.33. The van der Waals surface area contributed by atoms with Gasteiger partial charge in [0.2, 0.25) is 0 Å². The number of hydrogen-bond acceptors (Lipinski definition) is 10. The molecule has 0 bridgehead atoms. The number of hydrogen-bond donors (Lipinski definition) is 1. The third-order valence-electron chi connectivity index (χ3n) is 4.63. The second-order valence-electron chi connectivity index (χ2n) is 7.91. The summed E-state index contributed by atoms with van der Waals surface area (Å²) in [5.41, 5.74) is 6.42. The van der Waals surface area contributed by atoms with Crippen LogP contribution in [0, 0.1) is 0 Å². The summed E-state index contributed by atoms with van der Waals surface area (Å²) in [6.45, 7) is 10.5. The maximum atomic E-state index is 12.2. The average Bonchev–Trinajstić information content (AvgIpc) is 2.74. The molecule has 0 amide bonds. The molecular weight excluding hydrogens is 434 g/mol. The molecule has 3 atom stereocenters. The zero-order chi connectivity index (χ0) is 24.8. The minimum Gasteiger partial charge on any atom is -0.462 e. The molecule has 1 aliphatic rings. The van der Waals surface area contributed by atoms with Gasteiger partial charge in [0.05, 0.1) is 19.8 Å². The quantitative estimate of drug-likeness (QED) is 0.174. The van der Waals surface area contributed by atoms with Gasteiger partial charge in [-0.25, -0.2) is 9.59 Å². The Morgan fingerprint density at radius 3 is 1.73 bits per heavy atom. The van der Waals surface area contributed by atoms with E-state index in [-0.39, 0.29) is 39.1 Å². The van der Waals surface area contributed by atoms with Crippen LogP contribution in [-0.2, 0) is 42.9 Å². The van der Waals surface area contributed by atoms with Gasteiger partial charge >= 0.3 is 23.9 Å². The van der Waals surface area contributed by atoms with Gasteiger partial charge in [0.15, 0.2) is 6.10 Å². The Morgan fingerprint density at radius 1 is 0.818 bits per heavy atom. The highest BCUT2D eigenvalue weighted by Crippen LogP contribution is 2.20. The summed E-state index contributed by atoms with van der Waals surface area (Å²) < 4.78 is 26.2. The summed E-state index contributed by atoms with van der Waals surface area (Å²) in [5.74, 6) is -1.86. The summed E-state index contributed by atoms with van der Waals surface area (Å²) in [6.07, 6.45) is 0.313. The lowest BCUT2D eigenvalue weighted by atomic mass is 10.1. The van der Waals surface area contributed by atoms with Crippen molar-refractivity contribution < 1.29 is 42.9 Å². The summed E-state index contributed by atoms with van der Waals surface area (Å²) in [4.78, 5) is 47.0. The highest BCUT2D eigenvalue weighted by Gasteiger charge is 2.35. The predicted octanol–water partition coefficient (Wildman–Crippen LogP) is 2.09. The lowest BCUT2D eigenvalue weighted by Crippen LogP contribution is -2.48. The van der Waals surface area contributed by atoms with E-state index in [0.717, 1.165) is 0 Å². The Morgan fingerprint density at radius 2 is 1.27 bits per heavy atom. The Bertz CT molecular complexity index is 719. The molecule has 2 N–H and O–H groups in total. The first-order valence-corrected chi connectivity index (χ1v) is 11.0. The van der Waals surface area contributed by atoms with E-state index >= 15 is 0 Å². The molecule has 0 aliphatic carbocycles. The van der Waals surface area contributed by atoms with Crippen LogP contribution in [0.25, 0.3) is 0 Å². The van der Waals surface area contributed by atoms with Crippen molar-refractivity contribution in [2.45, 2.75) is 77.2 Å². The molecule has 0 aromatic carbocycles. The van der Waals surface area contributed by atoms with Gasteiger partial charge in [0, 0.05) is 30.4 Å². The van der Waals surface area contributed by atoms with E-state index in [1.54, 1.807) is 13.8 Å². The van der Waals surface area contributed by atoms with Gasteiger partial charge in [-0.15, -0.1) is 0 Å². The van der Waals surface area contributed by atoms with E-state index in [4.69, 9.17) is 29.4 Å². The highest BCUT2D eigenvalue weighted by molar-refractivity contribution is 5.87. The smallest absolute Gasteiger partial charge is 0.333 e. The minimum absolute atomic E-state index is 0.0257. The van der Waals surface area contributed by atoms with Crippen molar-refractivity contribution in [1.29, 1.82) is 0 Å². The maximum absolute atomic E-state index is 12.2. The summed E-state index contributed by atoms with van der Waals surface area (Å²) in [6, 6.07) is 0.